The number of fused-ring (bicyclic) bond motifs is 1. The molecule has 1 amide bonds. The normalized spacial score (nSPS) is 14.7. The van der Waals surface area contributed by atoms with Crippen LogP contribution in [0.15, 0.2) is 33.9 Å². The number of methoxy groups -OCH3 is 1. The highest BCUT2D eigenvalue weighted by Crippen LogP contribution is 2.28. The van der Waals surface area contributed by atoms with Crippen LogP contribution in [0.2, 0.25) is 0 Å². The first-order chi connectivity index (χ1) is 14.9. The molecule has 1 aromatic carbocycles. The van der Waals surface area contributed by atoms with Crippen molar-refractivity contribution in [3.63, 3.8) is 0 Å². The van der Waals surface area contributed by atoms with Crippen LogP contribution in [0.3, 0.4) is 0 Å². The van der Waals surface area contributed by atoms with Crippen molar-refractivity contribution >= 4 is 32.7 Å². The second-order valence-electron chi connectivity index (χ2n) is 7.64. The fraction of sp³-hybridized carbons (Fsp3) is 0.429. The van der Waals surface area contributed by atoms with Gasteiger partial charge in [0.25, 0.3) is 5.56 Å². The van der Waals surface area contributed by atoms with Crippen LogP contribution in [0.5, 0.6) is 5.75 Å². The number of nitrogens with zero attached hydrogens (tertiary/aromatic N) is 4. The Balaban J connectivity index is 1.61. The summed E-state index contributed by atoms with van der Waals surface area (Å²) in [4.78, 5) is 44.8. The Kier molecular flexibility index (Phi) is 5.81. The third-order valence-electron chi connectivity index (χ3n) is 5.54. The number of thiazole rings is 1. The highest BCUT2D eigenvalue weighted by molar-refractivity contribution is 7.22. The number of ether oxygens (including phenoxy) is 1. The van der Waals surface area contributed by atoms with Crippen molar-refractivity contribution in [2.75, 3.05) is 25.1 Å². The quantitative estimate of drug-likeness (QED) is 0.622. The van der Waals surface area contributed by atoms with E-state index in [9.17, 15) is 14.4 Å². The summed E-state index contributed by atoms with van der Waals surface area (Å²) in [7, 11) is 3.02. The third-order valence-corrected chi connectivity index (χ3v) is 6.64. The summed E-state index contributed by atoms with van der Waals surface area (Å²) in [5.41, 5.74) is 0.249. The molecule has 10 heteroatoms. The molecular formula is C21H25N5O4S. The maximum Gasteiger partial charge on any atom is 0.332 e. The van der Waals surface area contributed by atoms with E-state index < -0.39 is 5.69 Å². The van der Waals surface area contributed by atoms with E-state index in [2.05, 4.69) is 15.2 Å². The average molecular weight is 444 g/mol. The molecule has 1 aliphatic rings. The minimum atomic E-state index is -0.553. The molecule has 0 radical (unpaired) electrons. The van der Waals surface area contributed by atoms with Gasteiger partial charge in [-0.1, -0.05) is 23.5 Å². The molecule has 2 aromatic heterocycles. The molecule has 1 aliphatic heterocycles. The molecule has 0 bridgehead atoms. The maximum absolute atomic E-state index is 12.8. The predicted octanol–water partition coefficient (Wildman–Crippen LogP) is 1.64. The number of rotatable bonds is 6. The van der Waals surface area contributed by atoms with Crippen molar-refractivity contribution in [2.45, 2.75) is 32.4 Å². The Morgan fingerprint density at radius 1 is 1.23 bits per heavy atom. The second-order valence-corrected chi connectivity index (χ2v) is 8.62. The van der Waals surface area contributed by atoms with Gasteiger partial charge < -0.3 is 15.0 Å². The summed E-state index contributed by atoms with van der Waals surface area (Å²) in [6.07, 6.45) is 2.15. The molecule has 3 heterocycles. The first-order valence-corrected chi connectivity index (χ1v) is 11.0. The van der Waals surface area contributed by atoms with Gasteiger partial charge in [0.1, 0.15) is 17.0 Å². The number of benzene rings is 1. The first-order valence-electron chi connectivity index (χ1n) is 10.2. The smallest absolute Gasteiger partial charge is 0.332 e. The Labute approximate surface area is 182 Å². The number of hydrogen-bond donors (Lipinski definition) is 1. The topological polar surface area (TPSA) is 98.5 Å². The Bertz CT molecular complexity index is 1220. The first kappa shape index (κ1) is 21.1. The molecule has 1 N–H and O–H groups in total. The van der Waals surface area contributed by atoms with Crippen LogP contribution >= 0.6 is 11.3 Å². The van der Waals surface area contributed by atoms with E-state index in [-0.39, 0.29) is 29.7 Å². The van der Waals surface area contributed by atoms with E-state index >= 15 is 0 Å². The van der Waals surface area contributed by atoms with Gasteiger partial charge in [-0.3, -0.25) is 18.7 Å². The minimum absolute atomic E-state index is 0.215. The van der Waals surface area contributed by atoms with Gasteiger partial charge in [-0.25, -0.2) is 9.78 Å². The van der Waals surface area contributed by atoms with Gasteiger partial charge in [-0.2, -0.15) is 0 Å². The van der Waals surface area contributed by atoms with E-state index in [0.717, 1.165) is 46.9 Å². The summed E-state index contributed by atoms with van der Waals surface area (Å²) in [6, 6.07) is 7.15. The fourth-order valence-corrected chi connectivity index (χ4v) is 4.82. The van der Waals surface area contributed by atoms with Gasteiger partial charge in [-0.15, -0.1) is 0 Å². The highest BCUT2D eigenvalue weighted by Gasteiger charge is 2.22. The van der Waals surface area contributed by atoms with Crippen LogP contribution in [0.1, 0.15) is 31.4 Å². The van der Waals surface area contributed by atoms with Crippen molar-refractivity contribution < 1.29 is 9.53 Å². The molecule has 164 valence electrons. The van der Waals surface area contributed by atoms with Crippen molar-refractivity contribution in [3.8, 4) is 5.75 Å². The van der Waals surface area contributed by atoms with Crippen LogP contribution in [0.4, 0.5) is 5.13 Å². The standard InChI is InChI=1S/C21H25N5O4S/c1-13(14-6-8-15(30-3)9-7-14)22-16(27)12-26-18-17(19(28)24(2)21(26)29)31-20(23-18)25-10-4-5-11-25/h6-9,13H,4-5,10-12H2,1-3H3,(H,22,27)/t13-/m1/s1. The van der Waals surface area contributed by atoms with Crippen molar-refractivity contribution in [1.29, 1.82) is 0 Å². The van der Waals surface area contributed by atoms with Crippen LogP contribution in [0, 0.1) is 0 Å². The summed E-state index contributed by atoms with van der Waals surface area (Å²) < 4.78 is 7.87. The molecule has 1 atom stereocenters. The second kappa shape index (κ2) is 8.54. The van der Waals surface area contributed by atoms with Crippen LogP contribution in [0.25, 0.3) is 10.3 Å². The number of carbonyl (C=O) groups is 1. The zero-order valence-corrected chi connectivity index (χ0v) is 18.6. The van der Waals surface area contributed by atoms with E-state index in [0.29, 0.717) is 4.70 Å². The maximum atomic E-state index is 12.8. The lowest BCUT2D eigenvalue weighted by Gasteiger charge is -2.16. The number of carbonyl (C=O) groups excluding carboxylic acids is 1. The van der Waals surface area contributed by atoms with Gasteiger partial charge in [0, 0.05) is 20.1 Å². The van der Waals surface area contributed by atoms with Gasteiger partial charge in [-0.05, 0) is 37.5 Å². The monoisotopic (exact) mass is 443 g/mol. The molecule has 0 unspecified atom stereocenters. The zero-order chi connectivity index (χ0) is 22.1. The fourth-order valence-electron chi connectivity index (χ4n) is 3.73. The van der Waals surface area contributed by atoms with Gasteiger partial charge >= 0.3 is 5.69 Å². The molecule has 0 aliphatic carbocycles. The number of anilines is 1. The zero-order valence-electron chi connectivity index (χ0n) is 17.8. The lowest BCUT2D eigenvalue weighted by atomic mass is 10.1. The molecule has 0 spiro atoms. The SMILES string of the molecule is COc1ccc([C@@H](C)NC(=O)Cn2c(=O)n(C)c(=O)c3sc(N4CCCC4)nc32)cc1. The van der Waals surface area contributed by atoms with Crippen molar-refractivity contribution in [2.24, 2.45) is 7.05 Å². The Hall–Kier alpha value is -3.14. The average Bonchev–Trinajstić information content (AvgIpc) is 3.45. The minimum Gasteiger partial charge on any atom is -0.497 e. The summed E-state index contributed by atoms with van der Waals surface area (Å²) >= 11 is 1.28. The molecule has 0 saturated carbocycles. The van der Waals surface area contributed by atoms with Crippen molar-refractivity contribution in [1.82, 2.24) is 19.4 Å². The van der Waals surface area contributed by atoms with Gasteiger partial charge in [0.2, 0.25) is 5.91 Å². The number of amides is 1. The van der Waals surface area contributed by atoms with E-state index in [1.807, 2.05) is 31.2 Å². The summed E-state index contributed by atoms with van der Waals surface area (Å²) in [6.45, 7) is 3.41. The molecular weight excluding hydrogens is 418 g/mol. The number of hydrogen-bond acceptors (Lipinski definition) is 7. The van der Waals surface area contributed by atoms with E-state index in [1.165, 1.54) is 23.0 Å². The predicted molar refractivity (Wildman–Crippen MR) is 120 cm³/mol. The number of aromatic nitrogens is 3. The van der Waals surface area contributed by atoms with Crippen LogP contribution in [-0.4, -0.2) is 40.2 Å². The number of nitrogens with one attached hydrogen (secondary N) is 1. The Morgan fingerprint density at radius 2 is 1.90 bits per heavy atom. The largest absolute Gasteiger partial charge is 0.497 e. The summed E-state index contributed by atoms with van der Waals surface area (Å²) in [5.74, 6) is 0.403. The summed E-state index contributed by atoms with van der Waals surface area (Å²) in [5, 5.41) is 3.63. The molecule has 4 rings (SSSR count). The third kappa shape index (κ3) is 4.07. The lowest BCUT2D eigenvalue weighted by molar-refractivity contribution is -0.122. The van der Waals surface area contributed by atoms with Crippen LogP contribution in [-0.2, 0) is 18.4 Å². The lowest BCUT2D eigenvalue weighted by Crippen LogP contribution is -2.41. The molecule has 1 saturated heterocycles. The molecule has 1 fully saturated rings. The van der Waals surface area contributed by atoms with Crippen LogP contribution < -0.4 is 26.2 Å². The Morgan fingerprint density at radius 3 is 2.55 bits per heavy atom. The van der Waals surface area contributed by atoms with Crippen molar-refractivity contribution in [3.05, 3.63) is 50.7 Å². The molecule has 9 nitrogen and oxygen atoms in total. The van der Waals surface area contributed by atoms with E-state index in [1.54, 1.807) is 7.11 Å². The van der Waals surface area contributed by atoms with Gasteiger partial charge in [0.05, 0.1) is 13.2 Å². The molecule has 3 aromatic rings. The van der Waals surface area contributed by atoms with E-state index in [4.69, 9.17) is 4.74 Å². The highest BCUT2D eigenvalue weighted by atomic mass is 32.1. The molecule has 31 heavy (non-hydrogen) atoms. The van der Waals surface area contributed by atoms with Gasteiger partial charge in [0.15, 0.2) is 10.8 Å².